The lowest BCUT2D eigenvalue weighted by Crippen LogP contribution is -2.32. The van der Waals surface area contributed by atoms with E-state index in [1.165, 1.54) is 36.9 Å². The number of nitrogens with one attached hydrogen (secondary N) is 1. The van der Waals surface area contributed by atoms with Crippen LogP contribution in [-0.4, -0.2) is 25.6 Å². The highest BCUT2D eigenvalue weighted by atomic mass is 16.5. The molecule has 1 heterocycles. The molecule has 154 valence electrons. The number of anilines is 1. The molecule has 1 saturated carbocycles. The predicted octanol–water partition coefficient (Wildman–Crippen LogP) is 5.06. The Labute approximate surface area is 174 Å². The first-order valence-electron chi connectivity index (χ1n) is 10.9. The van der Waals surface area contributed by atoms with Crippen LogP contribution in [0.15, 0.2) is 48.5 Å². The Morgan fingerprint density at radius 3 is 2.28 bits per heavy atom. The molecule has 0 bridgehead atoms. The van der Waals surface area contributed by atoms with Crippen molar-refractivity contribution < 1.29 is 9.53 Å². The fraction of sp³-hybridized carbons (Fsp3) is 0.480. The summed E-state index contributed by atoms with van der Waals surface area (Å²) in [4.78, 5) is 13.7. The molecule has 1 atom stereocenters. The van der Waals surface area contributed by atoms with Gasteiger partial charge >= 0.3 is 0 Å². The fourth-order valence-corrected chi connectivity index (χ4v) is 4.17. The molecule has 4 heteroatoms. The molecule has 1 saturated heterocycles. The summed E-state index contributed by atoms with van der Waals surface area (Å²) in [6.07, 6.45) is 4.98. The lowest BCUT2D eigenvalue weighted by molar-refractivity contribution is -0.119. The number of ether oxygens (including phenoxy) is 1. The number of hydrogen-bond acceptors (Lipinski definition) is 3. The first-order chi connectivity index (χ1) is 14.1. The number of carbonyl (C=O) groups is 1. The summed E-state index contributed by atoms with van der Waals surface area (Å²) in [5.41, 5.74) is 3.86. The van der Waals surface area contributed by atoms with Crippen molar-refractivity contribution in [2.75, 3.05) is 24.6 Å². The van der Waals surface area contributed by atoms with Crippen molar-refractivity contribution in [1.29, 1.82) is 0 Å². The van der Waals surface area contributed by atoms with Crippen molar-refractivity contribution in [3.05, 3.63) is 59.7 Å². The van der Waals surface area contributed by atoms with Crippen molar-refractivity contribution in [2.24, 2.45) is 5.92 Å². The summed E-state index contributed by atoms with van der Waals surface area (Å²) in [6.45, 7) is 6.62. The van der Waals surface area contributed by atoms with Crippen molar-refractivity contribution in [2.45, 2.75) is 51.5 Å². The van der Waals surface area contributed by atoms with Gasteiger partial charge in [0.05, 0.1) is 12.6 Å². The normalized spacial score (nSPS) is 18.3. The first-order valence-corrected chi connectivity index (χ1v) is 10.9. The molecule has 1 aliphatic heterocycles. The largest absolute Gasteiger partial charge is 0.493 e. The molecule has 0 aromatic heterocycles. The molecule has 1 amide bonds. The predicted molar refractivity (Wildman–Crippen MR) is 118 cm³/mol. The maximum atomic E-state index is 11.2. The zero-order chi connectivity index (χ0) is 20.2. The molecule has 0 radical (unpaired) electrons. The minimum Gasteiger partial charge on any atom is -0.493 e. The van der Waals surface area contributed by atoms with E-state index in [9.17, 15) is 4.79 Å². The Hall–Kier alpha value is -2.49. The summed E-state index contributed by atoms with van der Waals surface area (Å²) in [5.74, 6) is 2.40. The molecule has 1 N–H and O–H groups in total. The first kappa shape index (κ1) is 19.8. The van der Waals surface area contributed by atoms with Crippen LogP contribution in [0.2, 0.25) is 0 Å². The minimum atomic E-state index is 0.0106. The van der Waals surface area contributed by atoms with Crippen LogP contribution < -0.4 is 15.0 Å². The Kier molecular flexibility index (Phi) is 6.08. The van der Waals surface area contributed by atoms with E-state index in [-0.39, 0.29) is 11.9 Å². The van der Waals surface area contributed by atoms with Crippen molar-refractivity contribution in [1.82, 2.24) is 5.32 Å². The molecule has 4 rings (SSSR count). The zero-order valence-electron chi connectivity index (χ0n) is 17.6. The number of carbonyl (C=O) groups excluding carboxylic acids is 1. The molecule has 1 unspecified atom stereocenters. The van der Waals surface area contributed by atoms with Gasteiger partial charge in [0.1, 0.15) is 5.75 Å². The summed E-state index contributed by atoms with van der Waals surface area (Å²) < 4.78 is 5.85. The maximum Gasteiger partial charge on any atom is 0.217 e. The number of rotatable bonds is 7. The Balaban J connectivity index is 1.29. The summed E-state index contributed by atoms with van der Waals surface area (Å²) in [6, 6.07) is 17.4. The highest BCUT2D eigenvalue weighted by Gasteiger charge is 2.23. The number of hydrogen-bond donors (Lipinski definition) is 1. The van der Waals surface area contributed by atoms with Gasteiger partial charge in [0, 0.05) is 25.7 Å². The van der Waals surface area contributed by atoms with Gasteiger partial charge in [0.15, 0.2) is 0 Å². The maximum absolute atomic E-state index is 11.2. The van der Waals surface area contributed by atoms with Gasteiger partial charge in [-0.1, -0.05) is 24.3 Å². The molecular formula is C25H32N2O2. The second-order valence-electron chi connectivity index (χ2n) is 8.60. The van der Waals surface area contributed by atoms with E-state index in [4.69, 9.17) is 4.74 Å². The fourth-order valence-electron chi connectivity index (χ4n) is 4.17. The molecular weight excluding hydrogens is 360 g/mol. The van der Waals surface area contributed by atoms with Gasteiger partial charge in [0.25, 0.3) is 0 Å². The lowest BCUT2D eigenvalue weighted by atomic mass is 9.88. The van der Waals surface area contributed by atoms with Crippen LogP contribution in [-0.2, 0) is 4.79 Å². The quantitative estimate of drug-likeness (QED) is 0.716. The van der Waals surface area contributed by atoms with Crippen molar-refractivity contribution in [3.8, 4) is 5.75 Å². The van der Waals surface area contributed by atoms with Crippen molar-refractivity contribution in [3.63, 3.8) is 0 Å². The lowest BCUT2D eigenvalue weighted by Gasteiger charge is -2.34. The summed E-state index contributed by atoms with van der Waals surface area (Å²) >= 11 is 0. The minimum absolute atomic E-state index is 0.0106. The zero-order valence-corrected chi connectivity index (χ0v) is 17.6. The van der Waals surface area contributed by atoms with Gasteiger partial charge in [-0.05, 0) is 79.8 Å². The Morgan fingerprint density at radius 1 is 1.03 bits per heavy atom. The van der Waals surface area contributed by atoms with E-state index in [2.05, 4.69) is 58.7 Å². The smallest absolute Gasteiger partial charge is 0.217 e. The average molecular weight is 393 g/mol. The molecule has 2 aromatic rings. The van der Waals surface area contributed by atoms with Crippen molar-refractivity contribution >= 4 is 11.6 Å². The SMILES string of the molecule is CC(=O)NC(C)c1ccc(C2CCN(c3ccc(OCC4CC4)cc3)CC2)cc1. The average Bonchev–Trinajstić information content (AvgIpc) is 3.57. The number of nitrogens with zero attached hydrogens (tertiary/aromatic N) is 1. The molecule has 2 aliphatic rings. The topological polar surface area (TPSA) is 41.6 Å². The highest BCUT2D eigenvalue weighted by Crippen LogP contribution is 2.33. The molecule has 2 aromatic carbocycles. The molecule has 1 aliphatic carbocycles. The third-order valence-electron chi connectivity index (χ3n) is 6.21. The standard InChI is InChI=1S/C25H32N2O2/c1-18(26-19(2)28)21-5-7-22(8-6-21)23-13-15-27(16-14-23)24-9-11-25(12-10-24)29-17-20-3-4-20/h5-12,18,20,23H,3-4,13-17H2,1-2H3,(H,26,28). The monoisotopic (exact) mass is 392 g/mol. The number of piperidine rings is 1. The van der Waals surface area contributed by atoms with E-state index < -0.39 is 0 Å². The van der Waals surface area contributed by atoms with Gasteiger partial charge in [0.2, 0.25) is 5.91 Å². The van der Waals surface area contributed by atoms with Crippen LogP contribution in [0.5, 0.6) is 5.75 Å². The van der Waals surface area contributed by atoms with Gasteiger partial charge in [-0.3, -0.25) is 4.79 Å². The van der Waals surface area contributed by atoms with Crippen LogP contribution in [0.1, 0.15) is 62.6 Å². The Bertz CT molecular complexity index is 804. The van der Waals surface area contributed by atoms with E-state index >= 15 is 0 Å². The summed E-state index contributed by atoms with van der Waals surface area (Å²) in [7, 11) is 0. The number of amides is 1. The molecule has 0 spiro atoms. The number of benzene rings is 2. The third kappa shape index (κ3) is 5.31. The van der Waals surface area contributed by atoms with Gasteiger partial charge in [-0.15, -0.1) is 0 Å². The van der Waals surface area contributed by atoms with E-state index in [1.807, 2.05) is 6.92 Å². The third-order valence-corrected chi connectivity index (χ3v) is 6.21. The van der Waals surface area contributed by atoms with Crippen LogP contribution in [0.4, 0.5) is 5.69 Å². The van der Waals surface area contributed by atoms with Gasteiger partial charge in [-0.2, -0.15) is 0 Å². The molecule has 2 fully saturated rings. The van der Waals surface area contributed by atoms with Gasteiger partial charge in [-0.25, -0.2) is 0 Å². The van der Waals surface area contributed by atoms with E-state index in [0.717, 1.165) is 36.9 Å². The van der Waals surface area contributed by atoms with Gasteiger partial charge < -0.3 is 15.0 Å². The second-order valence-corrected chi connectivity index (χ2v) is 8.60. The van der Waals surface area contributed by atoms with Crippen LogP contribution in [0, 0.1) is 5.92 Å². The highest BCUT2D eigenvalue weighted by molar-refractivity contribution is 5.73. The second kappa shape index (κ2) is 8.89. The van der Waals surface area contributed by atoms with Crippen LogP contribution in [0.3, 0.4) is 0 Å². The van der Waals surface area contributed by atoms with Crippen LogP contribution >= 0.6 is 0 Å². The van der Waals surface area contributed by atoms with E-state index in [0.29, 0.717) is 5.92 Å². The summed E-state index contributed by atoms with van der Waals surface area (Å²) in [5, 5.41) is 2.95. The molecule has 29 heavy (non-hydrogen) atoms. The molecule has 4 nitrogen and oxygen atoms in total. The Morgan fingerprint density at radius 2 is 1.69 bits per heavy atom. The van der Waals surface area contributed by atoms with E-state index in [1.54, 1.807) is 6.92 Å². The van der Waals surface area contributed by atoms with Crippen LogP contribution in [0.25, 0.3) is 0 Å².